The van der Waals surface area contributed by atoms with Crippen LogP contribution < -0.4 is 10.6 Å². The number of carbonyl (C=O) groups excluding carboxylic acids is 1. The third-order valence-electron chi connectivity index (χ3n) is 3.38. The summed E-state index contributed by atoms with van der Waals surface area (Å²) in [5.41, 5.74) is -0.381. The first-order chi connectivity index (χ1) is 9.99. The summed E-state index contributed by atoms with van der Waals surface area (Å²) in [5, 5.41) is 4.80. The Hall–Kier alpha value is -1.72. The number of anilines is 1. The van der Waals surface area contributed by atoms with Crippen LogP contribution in [0.4, 0.5) is 23.7 Å². The van der Waals surface area contributed by atoms with Gasteiger partial charge < -0.3 is 10.6 Å². The molecule has 0 heterocycles. The third kappa shape index (κ3) is 5.28. The molecular weight excluding hydrogens is 281 g/mol. The van der Waals surface area contributed by atoms with E-state index in [0.29, 0.717) is 12.5 Å². The van der Waals surface area contributed by atoms with Gasteiger partial charge in [-0.05, 0) is 24.5 Å². The molecule has 0 spiro atoms. The predicted octanol–water partition coefficient (Wildman–Crippen LogP) is 4.44. The number of halogens is 3. The minimum absolute atomic E-state index is 0.352. The number of urea groups is 1. The van der Waals surface area contributed by atoms with Crippen LogP contribution in [0.2, 0.25) is 0 Å². The molecule has 0 saturated heterocycles. The van der Waals surface area contributed by atoms with Crippen LogP contribution in [0.25, 0.3) is 0 Å². The highest BCUT2D eigenvalue weighted by Crippen LogP contribution is 2.19. The molecule has 0 bridgehead atoms. The average molecular weight is 302 g/mol. The Kier molecular flexibility index (Phi) is 7.05. The Bertz CT molecular complexity index is 480. The molecule has 0 radical (unpaired) electrons. The van der Waals surface area contributed by atoms with Crippen molar-refractivity contribution in [1.29, 1.82) is 0 Å². The second kappa shape index (κ2) is 8.54. The first-order valence-electron chi connectivity index (χ1n) is 7.17. The van der Waals surface area contributed by atoms with Crippen molar-refractivity contribution in [2.75, 3.05) is 11.9 Å². The molecule has 3 nitrogen and oxygen atoms in total. The fraction of sp³-hybridized carbons (Fsp3) is 0.533. The zero-order chi connectivity index (χ0) is 15.8. The van der Waals surface area contributed by atoms with Crippen molar-refractivity contribution in [1.82, 2.24) is 5.32 Å². The molecule has 1 rings (SSSR count). The molecule has 6 heteroatoms. The summed E-state index contributed by atoms with van der Waals surface area (Å²) in [5.74, 6) is -3.93. The van der Waals surface area contributed by atoms with Gasteiger partial charge in [-0.3, -0.25) is 0 Å². The zero-order valence-electron chi connectivity index (χ0n) is 12.3. The maximum atomic E-state index is 13.4. The fourth-order valence-electron chi connectivity index (χ4n) is 1.97. The highest BCUT2D eigenvalue weighted by Gasteiger charge is 2.15. The smallest absolute Gasteiger partial charge is 0.319 e. The maximum absolute atomic E-state index is 13.4. The number of unbranched alkanes of at least 4 members (excludes halogenated alkanes) is 1. The van der Waals surface area contributed by atoms with Crippen molar-refractivity contribution in [3.05, 3.63) is 29.6 Å². The van der Waals surface area contributed by atoms with Gasteiger partial charge in [-0.2, -0.15) is 0 Å². The summed E-state index contributed by atoms with van der Waals surface area (Å²) >= 11 is 0. The van der Waals surface area contributed by atoms with Gasteiger partial charge in [0.25, 0.3) is 0 Å². The number of rotatable bonds is 7. The lowest BCUT2D eigenvalue weighted by Gasteiger charge is -2.16. The number of hydrogen-bond acceptors (Lipinski definition) is 1. The Morgan fingerprint density at radius 1 is 1.19 bits per heavy atom. The minimum atomic E-state index is -1.60. The second-order valence-electron chi connectivity index (χ2n) is 4.97. The Morgan fingerprint density at radius 2 is 1.90 bits per heavy atom. The van der Waals surface area contributed by atoms with Crippen LogP contribution in [0.3, 0.4) is 0 Å². The van der Waals surface area contributed by atoms with E-state index in [4.69, 9.17) is 0 Å². The molecule has 1 aromatic carbocycles. The van der Waals surface area contributed by atoms with Gasteiger partial charge in [-0.25, -0.2) is 18.0 Å². The lowest BCUT2D eigenvalue weighted by Crippen LogP contribution is -2.33. The highest BCUT2D eigenvalue weighted by atomic mass is 19.2. The molecule has 0 aliphatic carbocycles. The van der Waals surface area contributed by atoms with Gasteiger partial charge in [0, 0.05) is 6.54 Å². The zero-order valence-corrected chi connectivity index (χ0v) is 12.3. The van der Waals surface area contributed by atoms with E-state index < -0.39 is 23.5 Å². The Labute approximate surface area is 122 Å². The number of carbonyl (C=O) groups is 1. The standard InChI is InChI=1S/C15H21F3N2O/c1-3-5-6-10(4-2)9-19-15(21)20-12-8-7-11(16)13(17)14(12)18/h7-8,10H,3-6,9H2,1-2H3,(H2,19,20,21). The van der Waals surface area contributed by atoms with Gasteiger partial charge >= 0.3 is 6.03 Å². The topological polar surface area (TPSA) is 41.1 Å². The first-order valence-corrected chi connectivity index (χ1v) is 7.17. The molecule has 1 aromatic rings. The van der Waals surface area contributed by atoms with Crippen molar-refractivity contribution in [3.8, 4) is 0 Å². The van der Waals surface area contributed by atoms with Crippen molar-refractivity contribution in [2.45, 2.75) is 39.5 Å². The SMILES string of the molecule is CCCCC(CC)CNC(=O)Nc1ccc(F)c(F)c1F. The summed E-state index contributed by atoms with van der Waals surface area (Å²) in [7, 11) is 0. The van der Waals surface area contributed by atoms with E-state index in [-0.39, 0.29) is 5.69 Å². The highest BCUT2D eigenvalue weighted by molar-refractivity contribution is 5.89. The average Bonchev–Trinajstić information content (AvgIpc) is 2.48. The van der Waals surface area contributed by atoms with Crippen molar-refractivity contribution in [2.24, 2.45) is 5.92 Å². The molecule has 0 aliphatic rings. The van der Waals surface area contributed by atoms with E-state index >= 15 is 0 Å². The Morgan fingerprint density at radius 3 is 2.52 bits per heavy atom. The molecule has 2 N–H and O–H groups in total. The summed E-state index contributed by atoms with van der Waals surface area (Å²) < 4.78 is 39.2. The summed E-state index contributed by atoms with van der Waals surface area (Å²) in [6, 6.07) is 1.13. The number of amides is 2. The van der Waals surface area contributed by atoms with Gasteiger partial charge in [-0.15, -0.1) is 0 Å². The number of nitrogens with one attached hydrogen (secondary N) is 2. The number of benzene rings is 1. The molecule has 0 aromatic heterocycles. The van der Waals surface area contributed by atoms with E-state index in [0.717, 1.165) is 37.8 Å². The normalized spacial score (nSPS) is 12.0. The molecule has 0 aliphatic heterocycles. The predicted molar refractivity (Wildman–Crippen MR) is 76.6 cm³/mol. The van der Waals surface area contributed by atoms with E-state index in [9.17, 15) is 18.0 Å². The summed E-state index contributed by atoms with van der Waals surface area (Å²) in [6.45, 7) is 4.60. The van der Waals surface area contributed by atoms with Crippen LogP contribution in [0.1, 0.15) is 39.5 Å². The van der Waals surface area contributed by atoms with E-state index in [1.165, 1.54) is 0 Å². The van der Waals surface area contributed by atoms with Gasteiger partial charge in [0.2, 0.25) is 0 Å². The maximum Gasteiger partial charge on any atom is 0.319 e. The molecule has 118 valence electrons. The van der Waals surface area contributed by atoms with Crippen LogP contribution in [0.15, 0.2) is 12.1 Å². The van der Waals surface area contributed by atoms with E-state index in [1.807, 2.05) is 6.92 Å². The lowest BCUT2D eigenvalue weighted by atomic mass is 9.99. The van der Waals surface area contributed by atoms with Crippen LogP contribution >= 0.6 is 0 Å². The second-order valence-corrected chi connectivity index (χ2v) is 4.97. The van der Waals surface area contributed by atoms with Crippen molar-refractivity contribution < 1.29 is 18.0 Å². The number of hydrogen-bond donors (Lipinski definition) is 2. The molecule has 0 fully saturated rings. The summed E-state index contributed by atoms with van der Waals surface area (Å²) in [6.07, 6.45) is 4.11. The van der Waals surface area contributed by atoms with Crippen LogP contribution in [-0.2, 0) is 0 Å². The van der Waals surface area contributed by atoms with Crippen LogP contribution in [0, 0.1) is 23.4 Å². The quantitative estimate of drug-likeness (QED) is 0.718. The summed E-state index contributed by atoms with van der Waals surface area (Å²) in [4.78, 5) is 11.6. The largest absolute Gasteiger partial charge is 0.338 e. The third-order valence-corrected chi connectivity index (χ3v) is 3.38. The van der Waals surface area contributed by atoms with Crippen molar-refractivity contribution in [3.63, 3.8) is 0 Å². The molecule has 1 unspecified atom stereocenters. The minimum Gasteiger partial charge on any atom is -0.338 e. The monoisotopic (exact) mass is 302 g/mol. The molecule has 0 saturated carbocycles. The molecular formula is C15H21F3N2O. The molecule has 21 heavy (non-hydrogen) atoms. The van der Waals surface area contributed by atoms with Gasteiger partial charge in [0.15, 0.2) is 17.5 Å². The van der Waals surface area contributed by atoms with Gasteiger partial charge in [0.1, 0.15) is 0 Å². The lowest BCUT2D eigenvalue weighted by molar-refractivity contribution is 0.249. The van der Waals surface area contributed by atoms with Crippen LogP contribution in [-0.4, -0.2) is 12.6 Å². The Balaban J connectivity index is 2.52. The van der Waals surface area contributed by atoms with Gasteiger partial charge in [-0.1, -0.05) is 33.1 Å². The van der Waals surface area contributed by atoms with Crippen LogP contribution in [0.5, 0.6) is 0 Å². The van der Waals surface area contributed by atoms with E-state index in [2.05, 4.69) is 17.6 Å². The fourth-order valence-corrected chi connectivity index (χ4v) is 1.97. The molecule has 2 amide bonds. The molecule has 1 atom stereocenters. The first kappa shape index (κ1) is 17.3. The van der Waals surface area contributed by atoms with Crippen molar-refractivity contribution >= 4 is 11.7 Å². The van der Waals surface area contributed by atoms with Gasteiger partial charge in [0.05, 0.1) is 5.69 Å². The van der Waals surface area contributed by atoms with E-state index in [1.54, 1.807) is 0 Å².